The van der Waals surface area contributed by atoms with E-state index in [0.29, 0.717) is 0 Å². The fourth-order valence-electron chi connectivity index (χ4n) is 4.60. The van der Waals surface area contributed by atoms with Gasteiger partial charge in [0.05, 0.1) is 7.11 Å². The number of piperidine rings is 1. The molecule has 0 saturated carbocycles. The van der Waals surface area contributed by atoms with Crippen molar-refractivity contribution in [3.05, 3.63) is 42.0 Å². The fraction of sp³-hybridized carbons (Fsp3) is 0.565. The van der Waals surface area contributed by atoms with Gasteiger partial charge in [-0.3, -0.25) is 4.90 Å². The van der Waals surface area contributed by atoms with Gasteiger partial charge in [0.25, 0.3) is 0 Å². The van der Waals surface area contributed by atoms with Crippen molar-refractivity contribution in [2.45, 2.75) is 19.4 Å². The summed E-state index contributed by atoms with van der Waals surface area (Å²) in [5, 5.41) is 2.56. The van der Waals surface area contributed by atoms with Crippen molar-refractivity contribution in [1.82, 2.24) is 14.7 Å². The lowest BCUT2D eigenvalue weighted by Gasteiger charge is -2.38. The Morgan fingerprint density at radius 3 is 2.52 bits per heavy atom. The second-order valence-electron chi connectivity index (χ2n) is 8.39. The summed E-state index contributed by atoms with van der Waals surface area (Å²) in [6.45, 7) is 9.74. The minimum Gasteiger partial charge on any atom is -0.497 e. The van der Waals surface area contributed by atoms with Crippen LogP contribution in [0.2, 0.25) is 0 Å². The minimum absolute atomic E-state index is 0.826. The summed E-state index contributed by atoms with van der Waals surface area (Å²) in [5.74, 6) is 1.75. The predicted molar refractivity (Wildman–Crippen MR) is 112 cm³/mol. The van der Waals surface area contributed by atoms with Gasteiger partial charge >= 0.3 is 0 Å². The van der Waals surface area contributed by atoms with E-state index >= 15 is 0 Å². The van der Waals surface area contributed by atoms with Crippen LogP contribution >= 0.6 is 0 Å². The Labute approximate surface area is 163 Å². The van der Waals surface area contributed by atoms with Gasteiger partial charge in [-0.2, -0.15) is 0 Å². The molecule has 0 aromatic heterocycles. The van der Waals surface area contributed by atoms with Crippen molar-refractivity contribution in [2.24, 2.45) is 5.92 Å². The Balaban J connectivity index is 1.35. The van der Waals surface area contributed by atoms with E-state index in [-0.39, 0.29) is 0 Å². The van der Waals surface area contributed by atoms with E-state index in [9.17, 15) is 0 Å². The van der Waals surface area contributed by atoms with Crippen molar-refractivity contribution in [3.63, 3.8) is 0 Å². The van der Waals surface area contributed by atoms with Crippen LogP contribution in [0, 0.1) is 5.92 Å². The third kappa shape index (κ3) is 4.81. The Hall–Kier alpha value is -1.62. The number of nitrogens with zero attached hydrogens (tertiary/aromatic N) is 3. The van der Waals surface area contributed by atoms with E-state index in [2.05, 4.69) is 58.1 Å². The van der Waals surface area contributed by atoms with Crippen molar-refractivity contribution in [1.29, 1.82) is 0 Å². The molecule has 2 aliphatic rings. The largest absolute Gasteiger partial charge is 0.497 e. The maximum absolute atomic E-state index is 5.34. The van der Waals surface area contributed by atoms with Crippen LogP contribution in [0.3, 0.4) is 0 Å². The van der Waals surface area contributed by atoms with Crippen molar-refractivity contribution in [3.8, 4) is 5.75 Å². The summed E-state index contributed by atoms with van der Waals surface area (Å²) >= 11 is 0. The third-order valence-corrected chi connectivity index (χ3v) is 6.23. The van der Waals surface area contributed by atoms with Crippen molar-refractivity contribution < 1.29 is 4.74 Å². The van der Waals surface area contributed by atoms with Crippen LogP contribution in [0.25, 0.3) is 10.8 Å². The highest BCUT2D eigenvalue weighted by Gasteiger charge is 2.23. The molecule has 2 heterocycles. The number of ether oxygens (including phenoxy) is 1. The first-order valence-electron chi connectivity index (χ1n) is 10.4. The molecule has 27 heavy (non-hydrogen) atoms. The number of likely N-dealkylation sites (N-methyl/N-ethyl adjacent to an activating group) is 1. The molecule has 4 nitrogen and oxygen atoms in total. The topological polar surface area (TPSA) is 19.0 Å². The molecule has 0 bridgehead atoms. The summed E-state index contributed by atoms with van der Waals surface area (Å²) < 4.78 is 5.34. The van der Waals surface area contributed by atoms with Crippen LogP contribution in [-0.2, 0) is 6.54 Å². The standard InChI is InChI=1S/C23H33N3O/c1-24-10-12-25(13-11-24)17-20-4-3-9-26(18-20)16-19-5-6-22-15-23(27-2)8-7-21(22)14-19/h5-8,14-15,20H,3-4,9-13,16-18H2,1-2H3/t20-/m1/s1. The highest BCUT2D eigenvalue weighted by molar-refractivity contribution is 5.84. The normalized spacial score (nSPS) is 23.0. The molecule has 0 N–H and O–H groups in total. The van der Waals surface area contributed by atoms with Gasteiger partial charge in [-0.1, -0.05) is 18.2 Å². The molecule has 2 aromatic rings. The molecule has 0 spiro atoms. The molecule has 4 heteroatoms. The summed E-state index contributed by atoms with van der Waals surface area (Å²) in [6.07, 6.45) is 2.73. The van der Waals surface area contributed by atoms with Crippen LogP contribution in [0.5, 0.6) is 5.75 Å². The molecule has 2 aliphatic heterocycles. The minimum atomic E-state index is 0.826. The van der Waals surface area contributed by atoms with Gasteiger partial charge in [-0.05, 0) is 66.9 Å². The number of rotatable bonds is 5. The fourth-order valence-corrected chi connectivity index (χ4v) is 4.60. The van der Waals surface area contributed by atoms with E-state index in [1.165, 1.54) is 75.0 Å². The monoisotopic (exact) mass is 367 g/mol. The number of likely N-dealkylation sites (tertiary alicyclic amines) is 1. The number of hydrogen-bond acceptors (Lipinski definition) is 4. The molecule has 2 aromatic carbocycles. The molecule has 2 saturated heterocycles. The van der Waals surface area contributed by atoms with Crippen LogP contribution in [0.4, 0.5) is 0 Å². The Kier molecular flexibility index (Phi) is 5.96. The SMILES string of the molecule is COc1ccc2cc(CN3CCC[C@H](CN4CCN(C)CC4)C3)ccc2c1. The first kappa shape index (κ1) is 18.7. The number of benzene rings is 2. The molecule has 0 amide bonds. The number of hydrogen-bond donors (Lipinski definition) is 0. The Morgan fingerprint density at radius 2 is 1.70 bits per heavy atom. The second kappa shape index (κ2) is 8.59. The molecule has 2 fully saturated rings. The highest BCUT2D eigenvalue weighted by Crippen LogP contribution is 2.24. The average Bonchev–Trinajstić information content (AvgIpc) is 2.69. The van der Waals surface area contributed by atoms with Crippen molar-refractivity contribution in [2.75, 3.05) is 60.0 Å². The lowest BCUT2D eigenvalue weighted by atomic mass is 9.96. The summed E-state index contributed by atoms with van der Waals surface area (Å²) in [5.41, 5.74) is 1.42. The van der Waals surface area contributed by atoms with Gasteiger partial charge in [0.1, 0.15) is 5.75 Å². The molecule has 0 unspecified atom stereocenters. The van der Waals surface area contributed by atoms with E-state index < -0.39 is 0 Å². The van der Waals surface area contributed by atoms with E-state index in [1.54, 1.807) is 7.11 Å². The van der Waals surface area contributed by atoms with Gasteiger partial charge in [0.15, 0.2) is 0 Å². The molecule has 0 radical (unpaired) electrons. The second-order valence-corrected chi connectivity index (χ2v) is 8.39. The Morgan fingerprint density at radius 1 is 0.926 bits per heavy atom. The lowest BCUT2D eigenvalue weighted by Crippen LogP contribution is -2.48. The van der Waals surface area contributed by atoms with E-state index in [0.717, 1.165) is 18.2 Å². The van der Waals surface area contributed by atoms with Crippen molar-refractivity contribution >= 4 is 10.8 Å². The summed E-state index contributed by atoms with van der Waals surface area (Å²) in [4.78, 5) is 7.78. The average molecular weight is 368 g/mol. The van der Waals surface area contributed by atoms with E-state index in [4.69, 9.17) is 4.74 Å². The number of methoxy groups -OCH3 is 1. The van der Waals surface area contributed by atoms with Crippen LogP contribution in [-0.4, -0.2) is 74.7 Å². The number of piperazine rings is 1. The number of fused-ring (bicyclic) bond motifs is 1. The first-order chi connectivity index (χ1) is 13.2. The molecule has 4 rings (SSSR count). The molecular formula is C23H33N3O. The Bertz CT molecular complexity index is 754. The molecule has 1 atom stereocenters. The smallest absolute Gasteiger partial charge is 0.119 e. The van der Waals surface area contributed by atoms with E-state index in [1.807, 2.05) is 0 Å². The van der Waals surface area contributed by atoms with Gasteiger partial charge in [-0.25, -0.2) is 0 Å². The maximum Gasteiger partial charge on any atom is 0.119 e. The van der Waals surface area contributed by atoms with Gasteiger partial charge in [0, 0.05) is 45.8 Å². The summed E-state index contributed by atoms with van der Waals surface area (Å²) in [6, 6.07) is 13.2. The predicted octanol–water partition coefficient (Wildman–Crippen LogP) is 3.31. The molecule has 146 valence electrons. The van der Waals surface area contributed by atoms with Gasteiger partial charge < -0.3 is 14.5 Å². The highest BCUT2D eigenvalue weighted by atomic mass is 16.5. The zero-order valence-electron chi connectivity index (χ0n) is 16.9. The van der Waals surface area contributed by atoms with Gasteiger partial charge in [-0.15, -0.1) is 0 Å². The molecular weight excluding hydrogens is 334 g/mol. The third-order valence-electron chi connectivity index (χ3n) is 6.23. The first-order valence-corrected chi connectivity index (χ1v) is 10.4. The van der Waals surface area contributed by atoms with Gasteiger partial charge in [0.2, 0.25) is 0 Å². The zero-order valence-corrected chi connectivity index (χ0v) is 16.9. The maximum atomic E-state index is 5.34. The lowest BCUT2D eigenvalue weighted by molar-refractivity contribution is 0.0966. The summed E-state index contributed by atoms with van der Waals surface area (Å²) in [7, 11) is 3.96. The zero-order chi connectivity index (χ0) is 18.6. The van der Waals surface area contributed by atoms with Crippen LogP contribution < -0.4 is 4.74 Å². The quantitative estimate of drug-likeness (QED) is 0.807. The van der Waals surface area contributed by atoms with Crippen LogP contribution in [0.1, 0.15) is 18.4 Å². The molecule has 0 aliphatic carbocycles. The van der Waals surface area contributed by atoms with Crippen LogP contribution in [0.15, 0.2) is 36.4 Å².